The first-order chi connectivity index (χ1) is 11.1. The lowest BCUT2D eigenvalue weighted by molar-refractivity contribution is -0.171. The SMILES string of the molecule is CSc1nc2ncc(C(O)C(O)C(=O)OC(C)(C)C)nc2c(=O)[nH]1. The normalized spacial score (nSPS) is 14.4. The van der Waals surface area contributed by atoms with E-state index >= 15 is 0 Å². The van der Waals surface area contributed by atoms with Gasteiger partial charge in [-0.15, -0.1) is 0 Å². The maximum absolute atomic E-state index is 12.0. The zero-order valence-electron chi connectivity index (χ0n) is 13.6. The van der Waals surface area contributed by atoms with Gasteiger partial charge in [0.15, 0.2) is 22.4 Å². The first-order valence-corrected chi connectivity index (χ1v) is 8.25. The minimum absolute atomic E-state index is 0.0965. The molecule has 2 aromatic rings. The molecule has 24 heavy (non-hydrogen) atoms. The van der Waals surface area contributed by atoms with Crippen LogP contribution in [0.15, 0.2) is 16.1 Å². The maximum Gasteiger partial charge on any atom is 0.338 e. The van der Waals surface area contributed by atoms with Gasteiger partial charge in [-0.05, 0) is 27.0 Å². The van der Waals surface area contributed by atoms with Crippen LogP contribution in [-0.4, -0.2) is 54.1 Å². The number of aromatic amines is 1. The number of nitrogens with zero attached hydrogens (tertiary/aromatic N) is 3. The fourth-order valence-electron chi connectivity index (χ4n) is 1.80. The molecular weight excluding hydrogens is 336 g/mol. The molecule has 0 bridgehead atoms. The van der Waals surface area contributed by atoms with Gasteiger partial charge in [0.2, 0.25) is 0 Å². The Bertz CT molecular complexity index is 817. The zero-order valence-corrected chi connectivity index (χ0v) is 14.4. The molecule has 2 unspecified atom stereocenters. The predicted molar refractivity (Wildman–Crippen MR) is 86.5 cm³/mol. The number of carbonyl (C=O) groups excluding carboxylic acids is 1. The van der Waals surface area contributed by atoms with Crippen LogP contribution in [0.2, 0.25) is 0 Å². The van der Waals surface area contributed by atoms with Crippen molar-refractivity contribution in [2.75, 3.05) is 6.26 Å². The number of nitrogens with one attached hydrogen (secondary N) is 1. The summed E-state index contributed by atoms with van der Waals surface area (Å²) in [6.45, 7) is 4.90. The molecule has 3 N–H and O–H groups in total. The Morgan fingerprint density at radius 2 is 2.00 bits per heavy atom. The quantitative estimate of drug-likeness (QED) is 0.398. The Labute approximate surface area is 141 Å². The molecule has 0 saturated heterocycles. The number of ether oxygens (including phenoxy) is 1. The minimum Gasteiger partial charge on any atom is -0.458 e. The van der Waals surface area contributed by atoms with E-state index in [1.165, 1.54) is 11.8 Å². The molecule has 130 valence electrons. The molecule has 2 atom stereocenters. The van der Waals surface area contributed by atoms with Gasteiger partial charge in [-0.1, -0.05) is 11.8 Å². The largest absolute Gasteiger partial charge is 0.458 e. The van der Waals surface area contributed by atoms with Crippen LogP contribution in [0.1, 0.15) is 32.6 Å². The third kappa shape index (κ3) is 4.08. The molecule has 0 amide bonds. The number of carbonyl (C=O) groups is 1. The lowest BCUT2D eigenvalue weighted by Gasteiger charge is -2.23. The van der Waals surface area contributed by atoms with E-state index in [4.69, 9.17) is 4.74 Å². The van der Waals surface area contributed by atoms with Crippen LogP contribution in [0.4, 0.5) is 0 Å². The molecule has 10 heteroatoms. The molecule has 9 nitrogen and oxygen atoms in total. The highest BCUT2D eigenvalue weighted by Crippen LogP contribution is 2.19. The molecule has 0 radical (unpaired) electrons. The molecule has 0 saturated carbocycles. The molecule has 0 aliphatic carbocycles. The Morgan fingerprint density at radius 1 is 1.33 bits per heavy atom. The summed E-state index contributed by atoms with van der Waals surface area (Å²) < 4.78 is 5.00. The van der Waals surface area contributed by atoms with Gasteiger partial charge in [0.05, 0.1) is 11.9 Å². The monoisotopic (exact) mass is 354 g/mol. The molecule has 0 aliphatic heterocycles. The van der Waals surface area contributed by atoms with Gasteiger partial charge in [0.1, 0.15) is 11.7 Å². The van der Waals surface area contributed by atoms with E-state index in [0.29, 0.717) is 5.16 Å². The second-order valence-electron chi connectivity index (χ2n) is 5.97. The summed E-state index contributed by atoms with van der Waals surface area (Å²) in [6, 6.07) is 0. The van der Waals surface area contributed by atoms with Crippen molar-refractivity contribution >= 4 is 28.9 Å². The van der Waals surface area contributed by atoms with Crippen LogP contribution >= 0.6 is 11.8 Å². The molecule has 2 aromatic heterocycles. The van der Waals surface area contributed by atoms with Gasteiger partial charge in [-0.3, -0.25) is 9.78 Å². The van der Waals surface area contributed by atoms with Crippen LogP contribution in [0.25, 0.3) is 11.2 Å². The van der Waals surface area contributed by atoms with E-state index in [1.807, 2.05) is 0 Å². The molecular formula is C14H18N4O5S. The van der Waals surface area contributed by atoms with Crippen molar-refractivity contribution in [3.05, 3.63) is 22.2 Å². The average Bonchev–Trinajstić information content (AvgIpc) is 2.51. The number of esters is 1. The number of aliphatic hydroxyl groups excluding tert-OH is 2. The number of fused-ring (bicyclic) bond motifs is 1. The predicted octanol–water partition coefficient (Wildman–Crippen LogP) is 0.171. The summed E-state index contributed by atoms with van der Waals surface area (Å²) >= 11 is 1.24. The summed E-state index contributed by atoms with van der Waals surface area (Å²) in [4.78, 5) is 38.3. The molecule has 0 spiro atoms. The number of rotatable bonds is 4. The Hall–Kier alpha value is -2.04. The van der Waals surface area contributed by atoms with Crippen LogP contribution in [0.5, 0.6) is 0 Å². The fraction of sp³-hybridized carbons (Fsp3) is 0.500. The van der Waals surface area contributed by atoms with Crippen molar-refractivity contribution in [3.63, 3.8) is 0 Å². The minimum atomic E-state index is -1.85. The summed E-state index contributed by atoms with van der Waals surface area (Å²) in [5.41, 5.74) is -1.48. The van der Waals surface area contributed by atoms with Crippen molar-refractivity contribution in [2.24, 2.45) is 0 Å². The van der Waals surface area contributed by atoms with Crippen molar-refractivity contribution in [1.29, 1.82) is 0 Å². The van der Waals surface area contributed by atoms with Crippen molar-refractivity contribution in [1.82, 2.24) is 19.9 Å². The van der Waals surface area contributed by atoms with E-state index in [1.54, 1.807) is 27.0 Å². The van der Waals surface area contributed by atoms with Crippen molar-refractivity contribution in [3.8, 4) is 0 Å². The van der Waals surface area contributed by atoms with E-state index in [-0.39, 0.29) is 16.9 Å². The number of aromatic nitrogens is 4. The first kappa shape index (κ1) is 18.3. The Kier molecular flexibility index (Phi) is 5.21. The van der Waals surface area contributed by atoms with Crippen molar-refractivity contribution in [2.45, 2.75) is 43.7 Å². The smallest absolute Gasteiger partial charge is 0.338 e. The Morgan fingerprint density at radius 3 is 2.58 bits per heavy atom. The number of hydrogen-bond donors (Lipinski definition) is 3. The third-order valence-electron chi connectivity index (χ3n) is 2.86. The van der Waals surface area contributed by atoms with E-state index in [0.717, 1.165) is 6.20 Å². The highest BCUT2D eigenvalue weighted by Gasteiger charge is 2.31. The zero-order chi connectivity index (χ0) is 18.1. The van der Waals surface area contributed by atoms with Crippen LogP contribution < -0.4 is 5.56 Å². The van der Waals surface area contributed by atoms with Crippen LogP contribution in [0.3, 0.4) is 0 Å². The number of thioether (sulfide) groups is 1. The lowest BCUT2D eigenvalue weighted by Crippen LogP contribution is -2.35. The van der Waals surface area contributed by atoms with E-state index < -0.39 is 29.3 Å². The van der Waals surface area contributed by atoms with Crippen LogP contribution in [0, 0.1) is 0 Å². The summed E-state index contributed by atoms with van der Waals surface area (Å²) in [5.74, 6) is -0.998. The molecule has 2 rings (SSSR count). The highest BCUT2D eigenvalue weighted by atomic mass is 32.2. The van der Waals surface area contributed by atoms with Gasteiger partial charge in [0, 0.05) is 0 Å². The highest BCUT2D eigenvalue weighted by molar-refractivity contribution is 7.98. The fourth-order valence-corrected chi connectivity index (χ4v) is 2.18. The average molecular weight is 354 g/mol. The number of aliphatic hydroxyl groups is 2. The standard InChI is InChI=1S/C14H18N4O5S/c1-14(2,3)23-12(22)9(20)8(19)6-5-15-10-7(16-6)11(21)18-13(17-10)24-4/h5,8-9,19-20H,1-4H3,(H,15,17,18,21). The number of hydrogen-bond acceptors (Lipinski definition) is 9. The second-order valence-corrected chi connectivity index (χ2v) is 6.76. The second kappa shape index (κ2) is 6.83. The van der Waals surface area contributed by atoms with Crippen molar-refractivity contribution < 1.29 is 19.7 Å². The van der Waals surface area contributed by atoms with Gasteiger partial charge in [-0.2, -0.15) is 0 Å². The molecule has 0 aliphatic rings. The molecule has 0 aromatic carbocycles. The van der Waals surface area contributed by atoms with Gasteiger partial charge in [-0.25, -0.2) is 19.7 Å². The molecule has 0 fully saturated rings. The molecule has 2 heterocycles. The topological polar surface area (TPSA) is 138 Å². The van der Waals surface area contributed by atoms with Gasteiger partial charge in [0.25, 0.3) is 5.56 Å². The van der Waals surface area contributed by atoms with E-state index in [2.05, 4.69) is 19.9 Å². The lowest BCUT2D eigenvalue weighted by atomic mass is 10.1. The Balaban J connectivity index is 2.33. The maximum atomic E-state index is 12.0. The summed E-state index contributed by atoms with van der Waals surface area (Å²) in [6.07, 6.45) is -0.644. The summed E-state index contributed by atoms with van der Waals surface area (Å²) in [7, 11) is 0. The third-order valence-corrected chi connectivity index (χ3v) is 3.44. The van der Waals surface area contributed by atoms with E-state index in [9.17, 15) is 19.8 Å². The van der Waals surface area contributed by atoms with Gasteiger partial charge < -0.3 is 14.9 Å². The van der Waals surface area contributed by atoms with Crippen LogP contribution in [-0.2, 0) is 9.53 Å². The van der Waals surface area contributed by atoms with Gasteiger partial charge >= 0.3 is 5.97 Å². The number of H-pyrrole nitrogens is 1. The first-order valence-electron chi connectivity index (χ1n) is 7.02. The summed E-state index contributed by atoms with van der Waals surface area (Å²) in [5, 5.41) is 20.4.